The van der Waals surface area contributed by atoms with Crippen molar-refractivity contribution in [1.82, 2.24) is 5.32 Å². The highest BCUT2D eigenvalue weighted by molar-refractivity contribution is 5.27. The van der Waals surface area contributed by atoms with Gasteiger partial charge in [-0.2, -0.15) is 0 Å². The van der Waals surface area contributed by atoms with E-state index in [0.29, 0.717) is 6.04 Å². The van der Waals surface area contributed by atoms with Crippen LogP contribution < -0.4 is 10.1 Å². The van der Waals surface area contributed by atoms with Crippen molar-refractivity contribution in [1.29, 1.82) is 0 Å². The summed E-state index contributed by atoms with van der Waals surface area (Å²) in [6.07, 6.45) is 4.85. The van der Waals surface area contributed by atoms with Gasteiger partial charge in [-0.25, -0.2) is 0 Å². The first-order valence-electron chi connectivity index (χ1n) is 7.16. The van der Waals surface area contributed by atoms with Crippen LogP contribution in [0.25, 0.3) is 0 Å². The summed E-state index contributed by atoms with van der Waals surface area (Å²) in [5.74, 6) is 1.97. The third-order valence-electron chi connectivity index (χ3n) is 3.47. The molecule has 0 saturated carbocycles. The summed E-state index contributed by atoms with van der Waals surface area (Å²) < 4.78 is 10.5. The summed E-state index contributed by atoms with van der Waals surface area (Å²) >= 11 is 0. The fraction of sp³-hybridized carbons (Fsp3) is 0.412. The van der Waals surface area contributed by atoms with E-state index >= 15 is 0 Å². The van der Waals surface area contributed by atoms with E-state index in [9.17, 15) is 0 Å². The van der Waals surface area contributed by atoms with Crippen molar-refractivity contribution in [2.75, 3.05) is 13.7 Å². The second-order valence-corrected chi connectivity index (χ2v) is 5.07. The molecule has 2 aromatic rings. The number of benzene rings is 1. The summed E-state index contributed by atoms with van der Waals surface area (Å²) in [5, 5.41) is 3.55. The van der Waals surface area contributed by atoms with Crippen molar-refractivity contribution in [3.63, 3.8) is 0 Å². The van der Waals surface area contributed by atoms with Gasteiger partial charge in [0.25, 0.3) is 0 Å². The molecule has 1 unspecified atom stereocenters. The third-order valence-corrected chi connectivity index (χ3v) is 3.47. The minimum atomic E-state index is 0.498. The molecule has 0 aliphatic rings. The number of aryl methyl sites for hydroxylation is 1. The molecule has 1 aromatic heterocycles. The number of methoxy groups -OCH3 is 1. The van der Waals surface area contributed by atoms with Crippen molar-refractivity contribution in [2.24, 2.45) is 0 Å². The Labute approximate surface area is 121 Å². The quantitative estimate of drug-likeness (QED) is 0.800. The van der Waals surface area contributed by atoms with E-state index in [0.717, 1.165) is 37.3 Å². The molecule has 0 saturated heterocycles. The normalized spacial score (nSPS) is 12.3. The number of ether oxygens (including phenoxy) is 1. The zero-order chi connectivity index (χ0) is 14.2. The predicted molar refractivity (Wildman–Crippen MR) is 81.2 cm³/mol. The third kappa shape index (κ3) is 4.74. The van der Waals surface area contributed by atoms with Gasteiger partial charge in [0.15, 0.2) is 0 Å². The van der Waals surface area contributed by atoms with Gasteiger partial charge in [0.05, 0.1) is 13.4 Å². The lowest BCUT2D eigenvalue weighted by Crippen LogP contribution is -2.28. The molecular weight excluding hydrogens is 250 g/mol. The molecule has 3 nitrogen and oxygen atoms in total. The predicted octanol–water partition coefficient (Wildman–Crippen LogP) is 3.44. The first kappa shape index (κ1) is 14.7. The van der Waals surface area contributed by atoms with Gasteiger partial charge < -0.3 is 14.5 Å². The summed E-state index contributed by atoms with van der Waals surface area (Å²) in [6.45, 7) is 3.21. The maximum Gasteiger partial charge on any atom is 0.118 e. The van der Waals surface area contributed by atoms with Crippen LogP contribution in [-0.2, 0) is 12.8 Å². The fourth-order valence-electron chi connectivity index (χ4n) is 2.17. The van der Waals surface area contributed by atoms with Gasteiger partial charge >= 0.3 is 0 Å². The lowest BCUT2D eigenvalue weighted by molar-refractivity contribution is 0.414. The van der Waals surface area contributed by atoms with E-state index in [1.807, 2.05) is 24.3 Å². The Morgan fingerprint density at radius 3 is 2.60 bits per heavy atom. The molecule has 108 valence electrons. The van der Waals surface area contributed by atoms with Gasteiger partial charge in [0, 0.05) is 12.5 Å². The standard InChI is InChI=1S/C17H23NO2/c1-14(5-8-17-4-3-13-20-17)18-12-11-15-6-9-16(19-2)10-7-15/h3-4,6-7,9-10,13-14,18H,5,8,11-12H2,1-2H3. The van der Waals surface area contributed by atoms with Crippen LogP contribution in [0.2, 0.25) is 0 Å². The molecule has 1 aromatic carbocycles. The molecule has 0 amide bonds. The van der Waals surface area contributed by atoms with E-state index in [-0.39, 0.29) is 0 Å². The van der Waals surface area contributed by atoms with Crippen LogP contribution in [0.1, 0.15) is 24.7 Å². The fourth-order valence-corrected chi connectivity index (χ4v) is 2.17. The molecule has 20 heavy (non-hydrogen) atoms. The molecule has 0 spiro atoms. The van der Waals surface area contributed by atoms with E-state index in [2.05, 4.69) is 24.4 Å². The van der Waals surface area contributed by atoms with Crippen LogP contribution in [-0.4, -0.2) is 19.7 Å². The Bertz CT molecular complexity index is 476. The number of hydrogen-bond donors (Lipinski definition) is 1. The molecular formula is C17H23NO2. The van der Waals surface area contributed by atoms with Gasteiger partial charge in [-0.1, -0.05) is 12.1 Å². The topological polar surface area (TPSA) is 34.4 Å². The van der Waals surface area contributed by atoms with Crippen LogP contribution in [0.15, 0.2) is 47.1 Å². The summed E-state index contributed by atoms with van der Waals surface area (Å²) in [7, 11) is 1.69. The highest BCUT2D eigenvalue weighted by atomic mass is 16.5. The molecule has 2 rings (SSSR count). The van der Waals surface area contributed by atoms with Crippen molar-refractivity contribution in [2.45, 2.75) is 32.2 Å². The zero-order valence-electron chi connectivity index (χ0n) is 12.3. The van der Waals surface area contributed by atoms with E-state index < -0.39 is 0 Å². The van der Waals surface area contributed by atoms with Gasteiger partial charge in [0.1, 0.15) is 11.5 Å². The lowest BCUT2D eigenvalue weighted by Gasteiger charge is -2.13. The molecule has 1 atom stereocenters. The summed E-state index contributed by atoms with van der Waals surface area (Å²) in [6, 6.07) is 12.7. The second-order valence-electron chi connectivity index (χ2n) is 5.07. The van der Waals surface area contributed by atoms with E-state index in [1.54, 1.807) is 13.4 Å². The van der Waals surface area contributed by atoms with E-state index in [4.69, 9.17) is 9.15 Å². The number of nitrogens with one attached hydrogen (secondary N) is 1. The molecule has 3 heteroatoms. The van der Waals surface area contributed by atoms with Crippen LogP contribution >= 0.6 is 0 Å². The van der Waals surface area contributed by atoms with Gasteiger partial charge in [-0.05, 0) is 56.1 Å². The van der Waals surface area contributed by atoms with Gasteiger partial charge in [-0.15, -0.1) is 0 Å². The highest BCUT2D eigenvalue weighted by Gasteiger charge is 2.03. The molecule has 1 heterocycles. The Balaban J connectivity index is 1.64. The largest absolute Gasteiger partial charge is 0.497 e. The maximum absolute atomic E-state index is 5.34. The molecule has 0 bridgehead atoms. The maximum atomic E-state index is 5.34. The molecule has 1 N–H and O–H groups in total. The van der Waals surface area contributed by atoms with Crippen molar-refractivity contribution < 1.29 is 9.15 Å². The average molecular weight is 273 g/mol. The van der Waals surface area contributed by atoms with Crippen LogP contribution in [0.4, 0.5) is 0 Å². The Hall–Kier alpha value is -1.74. The van der Waals surface area contributed by atoms with E-state index in [1.165, 1.54) is 5.56 Å². The Morgan fingerprint density at radius 2 is 1.95 bits per heavy atom. The van der Waals surface area contributed by atoms with Crippen molar-refractivity contribution in [3.05, 3.63) is 54.0 Å². The minimum absolute atomic E-state index is 0.498. The zero-order valence-corrected chi connectivity index (χ0v) is 12.3. The second kappa shape index (κ2) is 7.75. The summed E-state index contributed by atoms with van der Waals surface area (Å²) in [4.78, 5) is 0. The molecule has 0 fully saturated rings. The first-order valence-corrected chi connectivity index (χ1v) is 7.16. The van der Waals surface area contributed by atoms with Crippen LogP contribution in [0, 0.1) is 0 Å². The smallest absolute Gasteiger partial charge is 0.118 e. The SMILES string of the molecule is COc1ccc(CCNC(C)CCc2ccco2)cc1. The Kier molecular flexibility index (Phi) is 5.69. The molecule has 0 aliphatic carbocycles. The van der Waals surface area contributed by atoms with Gasteiger partial charge in [0.2, 0.25) is 0 Å². The number of rotatable bonds is 8. The number of furan rings is 1. The summed E-state index contributed by atoms with van der Waals surface area (Å²) in [5.41, 5.74) is 1.33. The highest BCUT2D eigenvalue weighted by Crippen LogP contribution is 2.11. The monoisotopic (exact) mass is 273 g/mol. The van der Waals surface area contributed by atoms with Crippen LogP contribution in [0.3, 0.4) is 0 Å². The average Bonchev–Trinajstić information content (AvgIpc) is 2.99. The molecule has 0 radical (unpaired) electrons. The van der Waals surface area contributed by atoms with Crippen molar-refractivity contribution >= 4 is 0 Å². The Morgan fingerprint density at radius 1 is 1.15 bits per heavy atom. The minimum Gasteiger partial charge on any atom is -0.497 e. The van der Waals surface area contributed by atoms with Crippen LogP contribution in [0.5, 0.6) is 5.75 Å². The molecule has 0 aliphatic heterocycles. The lowest BCUT2D eigenvalue weighted by atomic mass is 10.1. The first-order chi connectivity index (χ1) is 9.78. The number of hydrogen-bond acceptors (Lipinski definition) is 3. The van der Waals surface area contributed by atoms with Crippen molar-refractivity contribution in [3.8, 4) is 5.75 Å². The van der Waals surface area contributed by atoms with Gasteiger partial charge in [-0.3, -0.25) is 0 Å².